The normalized spacial score (nSPS) is 12.9. The van der Waals surface area contributed by atoms with Crippen molar-refractivity contribution in [1.29, 1.82) is 0 Å². The van der Waals surface area contributed by atoms with E-state index in [2.05, 4.69) is 15.4 Å². The third-order valence-corrected chi connectivity index (χ3v) is 6.77. The van der Waals surface area contributed by atoms with Crippen LogP contribution in [0.3, 0.4) is 0 Å². The predicted octanol–water partition coefficient (Wildman–Crippen LogP) is 4.85. The second-order valence-corrected chi connectivity index (χ2v) is 9.05. The van der Waals surface area contributed by atoms with Crippen molar-refractivity contribution >= 4 is 39.6 Å². The Morgan fingerprint density at radius 1 is 1.06 bits per heavy atom. The minimum atomic E-state index is -0.452. The number of hydrogen-bond donors (Lipinski definition) is 1. The van der Waals surface area contributed by atoms with Crippen molar-refractivity contribution in [3.05, 3.63) is 74.6 Å². The fraction of sp³-hybridized carbons (Fsp3) is 0.250. The molecule has 172 valence electrons. The van der Waals surface area contributed by atoms with Crippen molar-refractivity contribution in [3.8, 4) is 11.3 Å². The summed E-state index contributed by atoms with van der Waals surface area (Å²) in [7, 11) is 0. The molecule has 0 saturated carbocycles. The van der Waals surface area contributed by atoms with Gasteiger partial charge in [-0.15, -0.1) is 16.4 Å². The van der Waals surface area contributed by atoms with E-state index in [-0.39, 0.29) is 36.2 Å². The summed E-state index contributed by atoms with van der Waals surface area (Å²) in [6.07, 6.45) is 4.55. The Balaban J connectivity index is 1.22. The molecule has 0 atom stereocenters. The quantitative estimate of drug-likeness (QED) is 0.232. The van der Waals surface area contributed by atoms with E-state index in [1.165, 1.54) is 41.0 Å². The molecule has 2 aromatic heterocycles. The molecule has 0 radical (unpaired) electrons. The Labute approximate surface area is 198 Å². The van der Waals surface area contributed by atoms with Gasteiger partial charge in [-0.2, -0.15) is 4.98 Å². The molecule has 0 aliphatic heterocycles. The number of nitrogens with one attached hydrogen (secondary N) is 1. The number of Topliss-reactive ketones (excluding diaryl/α,β-unsaturated/α-hetero) is 1. The van der Waals surface area contributed by atoms with Crippen molar-refractivity contribution in [2.45, 2.75) is 38.5 Å². The zero-order valence-corrected chi connectivity index (χ0v) is 19.0. The number of rotatable bonds is 7. The van der Waals surface area contributed by atoms with Crippen LogP contribution in [0.1, 0.15) is 47.2 Å². The molecule has 4 aromatic rings. The van der Waals surface area contributed by atoms with E-state index >= 15 is 0 Å². The maximum absolute atomic E-state index is 12.6. The van der Waals surface area contributed by atoms with Crippen LogP contribution in [0.5, 0.6) is 0 Å². The van der Waals surface area contributed by atoms with Crippen LogP contribution in [0.15, 0.2) is 47.8 Å². The molecule has 10 heteroatoms. The molecule has 5 rings (SSSR count). The molecule has 1 aliphatic rings. The van der Waals surface area contributed by atoms with E-state index in [0.717, 1.165) is 24.8 Å². The lowest BCUT2D eigenvalue weighted by Gasteiger charge is -2.16. The molecule has 34 heavy (non-hydrogen) atoms. The molecular formula is C24H21N5O4S. The summed E-state index contributed by atoms with van der Waals surface area (Å²) in [5.74, 6) is -0.231. The molecule has 9 nitrogen and oxygen atoms in total. The number of anilines is 1. The third-order valence-electron chi connectivity index (χ3n) is 5.96. The minimum Gasteiger partial charge on any atom is -0.294 e. The molecule has 1 N–H and O–H groups in total. The number of aryl methyl sites for hydroxylation is 2. The van der Waals surface area contributed by atoms with Gasteiger partial charge in [-0.25, -0.2) is 4.52 Å². The number of ketones is 1. The molecule has 1 amide bonds. The van der Waals surface area contributed by atoms with Crippen LogP contribution in [0, 0.1) is 10.1 Å². The molecule has 2 heterocycles. The van der Waals surface area contributed by atoms with Crippen LogP contribution in [0.25, 0.3) is 16.2 Å². The van der Waals surface area contributed by atoms with Gasteiger partial charge in [0, 0.05) is 41.5 Å². The zero-order valence-electron chi connectivity index (χ0n) is 18.2. The van der Waals surface area contributed by atoms with Gasteiger partial charge in [0.2, 0.25) is 16.8 Å². The molecule has 0 fully saturated rings. The van der Waals surface area contributed by atoms with E-state index in [9.17, 15) is 19.7 Å². The standard InChI is InChI=1S/C24H21N5O4S/c30-21(18-6-5-15-3-1-2-4-17(15)13-18)11-12-22(31)25-23-26-24-28(27-23)20(14-34-24)16-7-9-19(10-8-16)29(32)33/h5-10,13-14H,1-4,11-12H2,(H,25,27,31). The fourth-order valence-electron chi connectivity index (χ4n) is 4.15. The summed E-state index contributed by atoms with van der Waals surface area (Å²) in [4.78, 5) is 40.3. The number of hydrogen-bond acceptors (Lipinski definition) is 7. The number of amides is 1. The monoisotopic (exact) mass is 475 g/mol. The Morgan fingerprint density at radius 2 is 1.82 bits per heavy atom. The highest BCUT2D eigenvalue weighted by Crippen LogP contribution is 2.27. The molecule has 0 spiro atoms. The summed E-state index contributed by atoms with van der Waals surface area (Å²) < 4.78 is 1.58. The lowest BCUT2D eigenvalue weighted by atomic mass is 9.89. The van der Waals surface area contributed by atoms with E-state index < -0.39 is 4.92 Å². The Morgan fingerprint density at radius 3 is 2.59 bits per heavy atom. The van der Waals surface area contributed by atoms with Gasteiger partial charge in [0.05, 0.1) is 10.6 Å². The van der Waals surface area contributed by atoms with Gasteiger partial charge >= 0.3 is 0 Å². The maximum Gasteiger partial charge on any atom is 0.269 e. The van der Waals surface area contributed by atoms with Gasteiger partial charge in [0.1, 0.15) is 0 Å². The first-order valence-electron chi connectivity index (χ1n) is 11.0. The summed E-state index contributed by atoms with van der Waals surface area (Å²) >= 11 is 1.34. The van der Waals surface area contributed by atoms with E-state index in [1.807, 2.05) is 23.6 Å². The number of carbonyl (C=O) groups excluding carboxylic acids is 2. The number of carbonyl (C=O) groups is 2. The van der Waals surface area contributed by atoms with Crippen molar-refractivity contribution in [2.24, 2.45) is 0 Å². The number of aromatic nitrogens is 3. The van der Waals surface area contributed by atoms with Gasteiger partial charge in [-0.05, 0) is 55.0 Å². The maximum atomic E-state index is 12.6. The number of nitro benzene ring substituents is 1. The first kappa shape index (κ1) is 21.9. The highest BCUT2D eigenvalue weighted by molar-refractivity contribution is 7.15. The van der Waals surface area contributed by atoms with E-state index in [0.29, 0.717) is 16.2 Å². The summed E-state index contributed by atoms with van der Waals surface area (Å²) in [6.45, 7) is 0. The molecular weight excluding hydrogens is 454 g/mol. The predicted molar refractivity (Wildman–Crippen MR) is 128 cm³/mol. The van der Waals surface area contributed by atoms with Crippen LogP contribution in [-0.4, -0.2) is 31.2 Å². The summed E-state index contributed by atoms with van der Waals surface area (Å²) in [5.41, 5.74) is 4.68. The molecule has 2 aromatic carbocycles. The number of thiazole rings is 1. The lowest BCUT2D eigenvalue weighted by Crippen LogP contribution is -2.15. The lowest BCUT2D eigenvalue weighted by molar-refractivity contribution is -0.384. The second kappa shape index (κ2) is 9.14. The molecule has 0 bridgehead atoms. The second-order valence-electron chi connectivity index (χ2n) is 8.22. The number of fused-ring (bicyclic) bond motifs is 2. The summed E-state index contributed by atoms with van der Waals surface area (Å²) in [5, 5.41) is 19.7. The molecule has 0 saturated heterocycles. The SMILES string of the molecule is O=C(CCC(=O)c1ccc2c(c1)CCCC2)Nc1nc2scc(-c3ccc([N+](=O)[O-])cc3)n2n1. The number of nitrogens with zero attached hydrogens (tertiary/aromatic N) is 4. The van der Waals surface area contributed by atoms with Crippen LogP contribution >= 0.6 is 11.3 Å². The average molecular weight is 476 g/mol. The van der Waals surface area contributed by atoms with Crippen LogP contribution in [0.2, 0.25) is 0 Å². The van der Waals surface area contributed by atoms with Crippen molar-refractivity contribution in [3.63, 3.8) is 0 Å². The Hall–Kier alpha value is -3.92. The van der Waals surface area contributed by atoms with Gasteiger partial charge in [-0.3, -0.25) is 25.0 Å². The fourth-order valence-corrected chi connectivity index (χ4v) is 4.98. The Bertz CT molecular complexity index is 1410. The number of benzene rings is 2. The van der Waals surface area contributed by atoms with Gasteiger partial charge in [0.25, 0.3) is 5.69 Å². The number of non-ortho nitro benzene ring substituents is 1. The minimum absolute atomic E-state index is 0.00620. The first-order valence-corrected chi connectivity index (χ1v) is 11.9. The molecule has 1 aliphatic carbocycles. The van der Waals surface area contributed by atoms with Gasteiger partial charge in [-0.1, -0.05) is 12.1 Å². The third kappa shape index (κ3) is 4.44. The van der Waals surface area contributed by atoms with E-state index in [4.69, 9.17) is 0 Å². The largest absolute Gasteiger partial charge is 0.294 e. The highest BCUT2D eigenvalue weighted by Gasteiger charge is 2.17. The summed E-state index contributed by atoms with van der Waals surface area (Å²) in [6, 6.07) is 12.0. The molecule has 0 unspecified atom stereocenters. The van der Waals surface area contributed by atoms with Gasteiger partial charge in [0.15, 0.2) is 5.78 Å². The van der Waals surface area contributed by atoms with Crippen molar-refractivity contribution in [2.75, 3.05) is 5.32 Å². The van der Waals surface area contributed by atoms with Crippen molar-refractivity contribution in [1.82, 2.24) is 14.6 Å². The topological polar surface area (TPSA) is 120 Å². The smallest absolute Gasteiger partial charge is 0.269 e. The highest BCUT2D eigenvalue weighted by atomic mass is 32.1. The Kier molecular flexibility index (Phi) is 5.89. The van der Waals surface area contributed by atoms with Crippen LogP contribution in [-0.2, 0) is 17.6 Å². The average Bonchev–Trinajstić information content (AvgIpc) is 3.42. The van der Waals surface area contributed by atoms with Crippen LogP contribution < -0.4 is 5.32 Å². The van der Waals surface area contributed by atoms with E-state index in [1.54, 1.807) is 16.6 Å². The van der Waals surface area contributed by atoms with Crippen LogP contribution in [0.4, 0.5) is 11.6 Å². The first-order chi connectivity index (χ1) is 16.5. The van der Waals surface area contributed by atoms with Gasteiger partial charge < -0.3 is 0 Å². The zero-order chi connectivity index (χ0) is 23.7. The number of nitro groups is 1. The van der Waals surface area contributed by atoms with Crippen molar-refractivity contribution < 1.29 is 14.5 Å².